The first-order chi connectivity index (χ1) is 6.15. The van der Waals surface area contributed by atoms with Crippen molar-refractivity contribution in [3.63, 3.8) is 0 Å². The average Bonchev–Trinajstić information content (AvgIpc) is 2.04. The lowest BCUT2D eigenvalue weighted by molar-refractivity contribution is 0.0989. The fraction of sp³-hybridized carbons (Fsp3) is 0.222. The van der Waals surface area contributed by atoms with Crippen molar-refractivity contribution in [3.05, 3.63) is 29.6 Å². The standard InChI is InChI=1S/C9H10FNO2/c1-11-5-9(13)7-3-2-6(12)4-8(7)10/h2-4,11-12H,5H2,1H3. The number of likely N-dealkylation sites (N-methyl/N-ethyl adjacent to an activating group) is 1. The number of phenolic OH excluding ortho intramolecular Hbond substituents is 1. The molecule has 3 nitrogen and oxygen atoms in total. The summed E-state index contributed by atoms with van der Waals surface area (Å²) in [6.07, 6.45) is 0. The Morgan fingerprint density at radius 3 is 2.85 bits per heavy atom. The molecular formula is C9H10FNO2. The molecule has 0 saturated carbocycles. The van der Waals surface area contributed by atoms with Gasteiger partial charge >= 0.3 is 0 Å². The van der Waals surface area contributed by atoms with Crippen LogP contribution in [0.5, 0.6) is 5.75 Å². The summed E-state index contributed by atoms with van der Waals surface area (Å²) in [4.78, 5) is 11.2. The number of halogens is 1. The molecule has 2 N–H and O–H groups in total. The lowest BCUT2D eigenvalue weighted by Crippen LogP contribution is -2.19. The van der Waals surface area contributed by atoms with E-state index in [1.54, 1.807) is 7.05 Å². The molecule has 0 bridgehead atoms. The first kappa shape index (κ1) is 9.67. The summed E-state index contributed by atoms with van der Waals surface area (Å²) >= 11 is 0. The highest BCUT2D eigenvalue weighted by atomic mass is 19.1. The van der Waals surface area contributed by atoms with Crippen LogP contribution in [0.25, 0.3) is 0 Å². The zero-order chi connectivity index (χ0) is 9.84. The molecule has 0 aromatic heterocycles. The van der Waals surface area contributed by atoms with E-state index < -0.39 is 5.82 Å². The molecule has 0 fully saturated rings. The Bertz CT molecular complexity index is 325. The van der Waals surface area contributed by atoms with Gasteiger partial charge in [-0.15, -0.1) is 0 Å². The van der Waals surface area contributed by atoms with Crippen molar-refractivity contribution in [1.29, 1.82) is 0 Å². The summed E-state index contributed by atoms with van der Waals surface area (Å²) in [5, 5.41) is 11.5. The van der Waals surface area contributed by atoms with Crippen LogP contribution in [0, 0.1) is 5.82 Å². The molecule has 0 saturated heterocycles. The van der Waals surface area contributed by atoms with Crippen LogP contribution < -0.4 is 5.32 Å². The zero-order valence-electron chi connectivity index (χ0n) is 7.17. The molecule has 0 amide bonds. The maximum Gasteiger partial charge on any atom is 0.179 e. The lowest BCUT2D eigenvalue weighted by atomic mass is 10.1. The van der Waals surface area contributed by atoms with E-state index in [0.29, 0.717) is 0 Å². The highest BCUT2D eigenvalue weighted by molar-refractivity contribution is 5.97. The first-order valence-electron chi connectivity index (χ1n) is 3.81. The van der Waals surface area contributed by atoms with Gasteiger partial charge in [-0.25, -0.2) is 4.39 Å². The third kappa shape index (κ3) is 2.26. The maximum absolute atomic E-state index is 13.0. The van der Waals surface area contributed by atoms with E-state index in [2.05, 4.69) is 5.32 Å². The molecule has 0 atom stereocenters. The fourth-order valence-corrected chi connectivity index (χ4v) is 0.986. The van der Waals surface area contributed by atoms with Crippen LogP contribution in [-0.2, 0) is 0 Å². The SMILES string of the molecule is CNCC(=O)c1ccc(O)cc1F. The number of hydrogen-bond acceptors (Lipinski definition) is 3. The highest BCUT2D eigenvalue weighted by Crippen LogP contribution is 2.14. The van der Waals surface area contributed by atoms with E-state index in [1.807, 2.05) is 0 Å². The highest BCUT2D eigenvalue weighted by Gasteiger charge is 2.10. The predicted octanol–water partition coefficient (Wildman–Crippen LogP) is 0.933. The molecule has 1 aromatic rings. The van der Waals surface area contributed by atoms with Gasteiger partial charge in [0.15, 0.2) is 5.78 Å². The number of hydrogen-bond donors (Lipinski definition) is 2. The van der Waals surface area contributed by atoms with Crippen molar-refractivity contribution >= 4 is 5.78 Å². The normalized spacial score (nSPS) is 10.0. The number of carbonyl (C=O) groups excluding carboxylic acids is 1. The van der Waals surface area contributed by atoms with E-state index in [9.17, 15) is 9.18 Å². The molecule has 0 aliphatic carbocycles. The second-order valence-corrected chi connectivity index (χ2v) is 2.62. The first-order valence-corrected chi connectivity index (χ1v) is 3.81. The summed E-state index contributed by atoms with van der Waals surface area (Å²) < 4.78 is 13.0. The number of carbonyl (C=O) groups is 1. The van der Waals surface area contributed by atoms with Gasteiger partial charge in [0.05, 0.1) is 12.1 Å². The van der Waals surface area contributed by atoms with E-state index in [1.165, 1.54) is 12.1 Å². The maximum atomic E-state index is 13.0. The van der Waals surface area contributed by atoms with E-state index in [4.69, 9.17) is 5.11 Å². The number of aromatic hydroxyl groups is 1. The largest absolute Gasteiger partial charge is 0.508 e. The summed E-state index contributed by atoms with van der Waals surface area (Å²) in [5.74, 6) is -1.21. The van der Waals surface area contributed by atoms with Crippen molar-refractivity contribution in [1.82, 2.24) is 5.32 Å². The van der Waals surface area contributed by atoms with Gasteiger partial charge in [0.1, 0.15) is 11.6 Å². The molecule has 13 heavy (non-hydrogen) atoms. The molecule has 0 aliphatic heterocycles. The molecule has 0 heterocycles. The van der Waals surface area contributed by atoms with Crippen LogP contribution >= 0.6 is 0 Å². The molecule has 70 valence electrons. The predicted molar refractivity (Wildman–Crippen MR) is 46.3 cm³/mol. The average molecular weight is 183 g/mol. The van der Waals surface area contributed by atoms with Crippen molar-refractivity contribution < 1.29 is 14.3 Å². The third-order valence-electron chi connectivity index (χ3n) is 1.59. The Labute approximate surface area is 75.2 Å². The van der Waals surface area contributed by atoms with E-state index in [-0.39, 0.29) is 23.6 Å². The lowest BCUT2D eigenvalue weighted by Gasteiger charge is -2.01. The van der Waals surface area contributed by atoms with Crippen molar-refractivity contribution in [2.75, 3.05) is 13.6 Å². The molecule has 4 heteroatoms. The van der Waals surface area contributed by atoms with Crippen molar-refractivity contribution in [2.45, 2.75) is 0 Å². The topological polar surface area (TPSA) is 49.3 Å². The molecule has 0 radical (unpaired) electrons. The molecule has 0 aliphatic rings. The summed E-state index contributed by atoms with van der Waals surface area (Å²) in [6.45, 7) is 0.0850. The van der Waals surface area contributed by atoms with Crippen molar-refractivity contribution in [2.24, 2.45) is 0 Å². The minimum Gasteiger partial charge on any atom is -0.508 e. The van der Waals surface area contributed by atoms with E-state index >= 15 is 0 Å². The second kappa shape index (κ2) is 4.00. The van der Waals surface area contributed by atoms with Gasteiger partial charge in [-0.2, -0.15) is 0 Å². The Morgan fingerprint density at radius 2 is 2.31 bits per heavy atom. The van der Waals surface area contributed by atoms with Gasteiger partial charge in [0, 0.05) is 6.07 Å². The molecule has 0 unspecified atom stereocenters. The van der Waals surface area contributed by atoms with Crippen LogP contribution in [0.4, 0.5) is 4.39 Å². The minimum absolute atomic E-state index is 0.00727. The smallest absolute Gasteiger partial charge is 0.179 e. The molecule has 0 spiro atoms. The summed E-state index contributed by atoms with van der Waals surface area (Å²) in [5.41, 5.74) is -0.00727. The fourth-order valence-electron chi connectivity index (χ4n) is 0.986. The Morgan fingerprint density at radius 1 is 1.62 bits per heavy atom. The molecule has 1 rings (SSSR count). The van der Waals surface area contributed by atoms with Gasteiger partial charge < -0.3 is 10.4 Å². The quantitative estimate of drug-likeness (QED) is 0.685. The Hall–Kier alpha value is -1.42. The number of benzene rings is 1. The van der Waals surface area contributed by atoms with Crippen molar-refractivity contribution in [3.8, 4) is 5.75 Å². The Balaban J connectivity index is 2.95. The molecular weight excluding hydrogens is 173 g/mol. The zero-order valence-corrected chi connectivity index (χ0v) is 7.17. The van der Waals surface area contributed by atoms with Crippen LogP contribution in [0.3, 0.4) is 0 Å². The minimum atomic E-state index is -0.694. The Kier molecular flexibility index (Phi) is 2.97. The summed E-state index contributed by atoms with van der Waals surface area (Å²) in [6, 6.07) is 3.47. The number of phenols is 1. The van der Waals surface area contributed by atoms with Crippen LogP contribution in [0.1, 0.15) is 10.4 Å². The van der Waals surface area contributed by atoms with Gasteiger partial charge in [0.25, 0.3) is 0 Å². The van der Waals surface area contributed by atoms with Gasteiger partial charge in [-0.05, 0) is 19.2 Å². The number of nitrogens with one attached hydrogen (secondary N) is 1. The second-order valence-electron chi connectivity index (χ2n) is 2.62. The number of Topliss-reactive ketones (excluding diaryl/α,β-unsaturated/α-hetero) is 1. The summed E-state index contributed by atoms with van der Waals surface area (Å²) in [7, 11) is 1.61. The number of ketones is 1. The molecule has 1 aromatic carbocycles. The van der Waals surface area contributed by atoms with Gasteiger partial charge in [0.2, 0.25) is 0 Å². The van der Waals surface area contributed by atoms with E-state index in [0.717, 1.165) is 6.07 Å². The van der Waals surface area contributed by atoms with Crippen LogP contribution in [0.2, 0.25) is 0 Å². The van der Waals surface area contributed by atoms with Crippen LogP contribution in [0.15, 0.2) is 18.2 Å². The number of rotatable bonds is 3. The van der Waals surface area contributed by atoms with Crippen LogP contribution in [-0.4, -0.2) is 24.5 Å². The van der Waals surface area contributed by atoms with Gasteiger partial charge in [-0.3, -0.25) is 4.79 Å². The van der Waals surface area contributed by atoms with Gasteiger partial charge in [-0.1, -0.05) is 0 Å². The monoisotopic (exact) mass is 183 g/mol. The third-order valence-corrected chi connectivity index (χ3v) is 1.59.